The van der Waals surface area contributed by atoms with Crippen molar-refractivity contribution < 1.29 is 32.6 Å². The zero-order chi connectivity index (χ0) is 24.4. The van der Waals surface area contributed by atoms with Gasteiger partial charge in [0.15, 0.2) is 18.1 Å². The molecule has 0 amide bonds. The van der Waals surface area contributed by atoms with Crippen molar-refractivity contribution in [3.63, 3.8) is 0 Å². The molecule has 0 aliphatic carbocycles. The largest absolute Gasteiger partial charge is 0.519 e. The van der Waals surface area contributed by atoms with Crippen LogP contribution in [0.25, 0.3) is 0 Å². The van der Waals surface area contributed by atoms with E-state index < -0.39 is 5.82 Å². The Bertz CT molecular complexity index is 760. The maximum atomic E-state index is 11.4. The summed E-state index contributed by atoms with van der Waals surface area (Å²) in [6.45, 7) is 18.2. The number of carbonyl (C=O) groups is 2. The lowest BCUT2D eigenvalue weighted by Gasteiger charge is -2.26. The lowest BCUT2D eigenvalue weighted by Crippen LogP contribution is -2.38. The van der Waals surface area contributed by atoms with Crippen molar-refractivity contribution in [1.29, 1.82) is 0 Å². The van der Waals surface area contributed by atoms with E-state index in [0.29, 0.717) is 25.2 Å². The van der Waals surface area contributed by atoms with Crippen LogP contribution in [-0.2, 0) is 30.4 Å². The van der Waals surface area contributed by atoms with Crippen LogP contribution in [0.4, 0.5) is 0 Å². The number of aryl methyl sites for hydroxylation is 1. The van der Waals surface area contributed by atoms with Gasteiger partial charge in [0.1, 0.15) is 6.61 Å². The second-order valence-corrected chi connectivity index (χ2v) is 10.2. The van der Waals surface area contributed by atoms with Crippen LogP contribution in [0.5, 0.6) is 0 Å². The molecule has 32 heavy (non-hydrogen) atoms. The van der Waals surface area contributed by atoms with E-state index in [-0.39, 0.29) is 35.1 Å². The first-order valence-electron chi connectivity index (χ1n) is 11.0. The third-order valence-electron chi connectivity index (χ3n) is 4.32. The van der Waals surface area contributed by atoms with Gasteiger partial charge in [-0.1, -0.05) is 41.5 Å². The number of morpholine rings is 1. The van der Waals surface area contributed by atoms with E-state index in [1.54, 1.807) is 6.92 Å². The fourth-order valence-electron chi connectivity index (χ4n) is 2.73. The number of carbonyl (C=O) groups excluding carboxylic acids is 2. The lowest BCUT2D eigenvalue weighted by atomic mass is 9.92. The van der Waals surface area contributed by atoms with Crippen molar-refractivity contribution in [1.82, 2.24) is 4.90 Å². The van der Waals surface area contributed by atoms with Gasteiger partial charge in [-0.25, -0.2) is 4.79 Å². The van der Waals surface area contributed by atoms with Gasteiger partial charge in [0.2, 0.25) is 0 Å². The van der Waals surface area contributed by atoms with E-state index in [0.717, 1.165) is 32.8 Å². The first kappa shape index (κ1) is 27.9. The zero-order valence-corrected chi connectivity index (χ0v) is 20.6. The monoisotopic (exact) mass is 457 g/mol. The van der Waals surface area contributed by atoms with E-state index in [1.807, 2.05) is 41.5 Å². The summed E-state index contributed by atoms with van der Waals surface area (Å²) in [5.74, 6) is -0.600. The standard InChI is InChI=1S/C12H23NO3.C11H16O5/c1-12(2,3)10-11(14)16-9-6-13-4-7-15-8-5-13;1-7-8(16-10(13)15-7)6-14-9(12)5-11(2,3)4/h4-10H2,1-3H3;5-6H2,1-4H3. The molecule has 1 saturated heterocycles. The molecule has 2 rings (SSSR count). The Balaban J connectivity index is 0.000000320. The quantitative estimate of drug-likeness (QED) is 0.570. The summed E-state index contributed by atoms with van der Waals surface area (Å²) < 4.78 is 24.7. The molecule has 2 heterocycles. The molecule has 184 valence electrons. The van der Waals surface area contributed by atoms with Crippen LogP contribution < -0.4 is 5.82 Å². The maximum absolute atomic E-state index is 11.4. The SMILES string of the molecule is CC(C)(C)CC(=O)OCCN1CCOCC1.Cc1oc(=O)oc1COC(=O)CC(C)(C)C. The number of esters is 2. The van der Waals surface area contributed by atoms with Crippen molar-refractivity contribution in [3.8, 4) is 0 Å². The van der Waals surface area contributed by atoms with Crippen molar-refractivity contribution >= 4 is 11.9 Å². The van der Waals surface area contributed by atoms with Gasteiger partial charge in [0.05, 0.1) is 26.1 Å². The fourth-order valence-corrected chi connectivity index (χ4v) is 2.73. The van der Waals surface area contributed by atoms with Gasteiger partial charge in [-0.15, -0.1) is 0 Å². The minimum atomic E-state index is -0.778. The van der Waals surface area contributed by atoms with Crippen LogP contribution in [0.2, 0.25) is 0 Å². The molecule has 1 aliphatic rings. The molecule has 0 atom stereocenters. The van der Waals surface area contributed by atoms with Crippen molar-refractivity contribution in [2.45, 2.75) is 67.9 Å². The third kappa shape index (κ3) is 13.3. The average Bonchev–Trinajstić information content (AvgIpc) is 2.96. The number of rotatable bonds is 7. The summed E-state index contributed by atoms with van der Waals surface area (Å²) in [5, 5.41) is 0. The summed E-state index contributed by atoms with van der Waals surface area (Å²) in [6.07, 6.45) is 0.796. The summed E-state index contributed by atoms with van der Waals surface area (Å²) in [5.41, 5.74) is -0.112. The topological polar surface area (TPSA) is 108 Å². The van der Waals surface area contributed by atoms with Gasteiger partial charge in [0.25, 0.3) is 0 Å². The summed E-state index contributed by atoms with van der Waals surface area (Å²) in [6, 6.07) is 0. The van der Waals surface area contributed by atoms with Crippen LogP contribution in [0, 0.1) is 17.8 Å². The highest BCUT2D eigenvalue weighted by Gasteiger charge is 2.19. The Morgan fingerprint density at radius 2 is 1.44 bits per heavy atom. The van der Waals surface area contributed by atoms with Gasteiger partial charge in [-0.3, -0.25) is 14.5 Å². The highest BCUT2D eigenvalue weighted by Crippen LogP contribution is 2.20. The minimum absolute atomic E-state index is 0.00997. The first-order chi connectivity index (χ1) is 14.7. The molecular weight excluding hydrogens is 418 g/mol. The lowest BCUT2D eigenvalue weighted by molar-refractivity contribution is -0.148. The highest BCUT2D eigenvalue weighted by atomic mass is 16.6. The minimum Gasteiger partial charge on any atom is -0.464 e. The molecular formula is C23H39NO8. The molecule has 9 heteroatoms. The van der Waals surface area contributed by atoms with E-state index in [9.17, 15) is 14.4 Å². The van der Waals surface area contributed by atoms with Crippen LogP contribution in [0.15, 0.2) is 13.6 Å². The van der Waals surface area contributed by atoms with Gasteiger partial charge >= 0.3 is 17.8 Å². The van der Waals surface area contributed by atoms with Gasteiger partial charge < -0.3 is 23.0 Å². The number of ether oxygens (including phenoxy) is 3. The number of hydrogen-bond donors (Lipinski definition) is 0. The van der Waals surface area contributed by atoms with Crippen LogP contribution in [0.1, 0.15) is 65.9 Å². The van der Waals surface area contributed by atoms with E-state index >= 15 is 0 Å². The summed E-state index contributed by atoms with van der Waals surface area (Å²) in [4.78, 5) is 35.8. The van der Waals surface area contributed by atoms with E-state index in [2.05, 4.69) is 9.32 Å². The van der Waals surface area contributed by atoms with Gasteiger partial charge in [0, 0.05) is 19.6 Å². The molecule has 0 aromatic carbocycles. The summed E-state index contributed by atoms with van der Waals surface area (Å²) in [7, 11) is 0. The average molecular weight is 458 g/mol. The van der Waals surface area contributed by atoms with Crippen molar-refractivity contribution in [2.75, 3.05) is 39.5 Å². The van der Waals surface area contributed by atoms with E-state index in [4.69, 9.17) is 18.6 Å². The molecule has 1 aromatic rings. The number of hydrogen-bond acceptors (Lipinski definition) is 9. The Labute approximate surface area is 190 Å². The molecule has 0 radical (unpaired) electrons. The van der Waals surface area contributed by atoms with Gasteiger partial charge in [-0.2, -0.15) is 0 Å². The second-order valence-electron chi connectivity index (χ2n) is 10.2. The molecule has 0 saturated carbocycles. The molecule has 0 spiro atoms. The molecule has 1 aliphatic heterocycles. The highest BCUT2D eigenvalue weighted by molar-refractivity contribution is 5.70. The molecule has 1 aromatic heterocycles. The molecule has 0 bridgehead atoms. The fraction of sp³-hybridized carbons (Fsp3) is 0.783. The predicted molar refractivity (Wildman–Crippen MR) is 118 cm³/mol. The smallest absolute Gasteiger partial charge is 0.464 e. The van der Waals surface area contributed by atoms with Crippen molar-refractivity contribution in [2.24, 2.45) is 10.8 Å². The maximum Gasteiger partial charge on any atom is 0.519 e. The third-order valence-corrected chi connectivity index (χ3v) is 4.32. The zero-order valence-electron chi connectivity index (χ0n) is 20.6. The predicted octanol–water partition coefficient (Wildman–Crippen LogP) is 3.32. The summed E-state index contributed by atoms with van der Waals surface area (Å²) >= 11 is 0. The van der Waals surface area contributed by atoms with Crippen LogP contribution in [-0.4, -0.2) is 56.3 Å². The van der Waals surface area contributed by atoms with Crippen molar-refractivity contribution in [3.05, 3.63) is 22.1 Å². The molecule has 9 nitrogen and oxygen atoms in total. The normalized spacial score (nSPS) is 15.0. The Hall–Kier alpha value is -2.13. The molecule has 0 unspecified atom stereocenters. The van der Waals surface area contributed by atoms with E-state index in [1.165, 1.54) is 0 Å². The second kappa shape index (κ2) is 12.8. The van der Waals surface area contributed by atoms with Gasteiger partial charge in [-0.05, 0) is 17.8 Å². The molecule has 0 N–H and O–H groups in total. The first-order valence-corrected chi connectivity index (χ1v) is 11.0. The Morgan fingerprint density at radius 1 is 0.906 bits per heavy atom. The van der Waals surface area contributed by atoms with Crippen LogP contribution in [0.3, 0.4) is 0 Å². The van der Waals surface area contributed by atoms with Crippen LogP contribution >= 0.6 is 0 Å². The number of nitrogens with zero attached hydrogens (tertiary/aromatic N) is 1. The Kier molecular flexibility index (Phi) is 11.2. The molecule has 1 fully saturated rings. The Morgan fingerprint density at radius 3 is 1.91 bits per heavy atom.